The van der Waals surface area contributed by atoms with E-state index < -0.39 is 11.9 Å². The highest BCUT2D eigenvalue weighted by atomic mass is 32.1. The molecular formula is C19H20N2O4S. The summed E-state index contributed by atoms with van der Waals surface area (Å²) in [7, 11) is 4.51. The molecule has 6 nitrogen and oxygen atoms in total. The Morgan fingerprint density at radius 2 is 1.81 bits per heavy atom. The lowest BCUT2D eigenvalue weighted by Gasteiger charge is -2.08. The lowest BCUT2D eigenvalue weighted by Crippen LogP contribution is -2.21. The Bertz CT molecular complexity index is 854. The number of nitrogens with zero attached hydrogens (tertiary/aromatic N) is 1. The second-order valence-corrected chi connectivity index (χ2v) is 6.71. The van der Waals surface area contributed by atoms with Gasteiger partial charge in [-0.05, 0) is 24.1 Å². The van der Waals surface area contributed by atoms with E-state index in [1.165, 1.54) is 18.1 Å². The number of hydrogen-bond acceptors (Lipinski definition) is 5. The van der Waals surface area contributed by atoms with Gasteiger partial charge in [-0.15, -0.1) is 11.3 Å². The molecule has 1 heterocycles. The first kappa shape index (κ1) is 19.4. The van der Waals surface area contributed by atoms with Gasteiger partial charge in [-0.25, -0.2) is 4.79 Å². The van der Waals surface area contributed by atoms with Gasteiger partial charge in [0.2, 0.25) is 5.91 Å². The zero-order chi connectivity index (χ0) is 19.3. The van der Waals surface area contributed by atoms with Gasteiger partial charge in [0.15, 0.2) is 0 Å². The van der Waals surface area contributed by atoms with Crippen molar-refractivity contribution in [2.75, 3.05) is 26.5 Å². The maximum Gasteiger partial charge on any atom is 0.341 e. The first-order valence-electron chi connectivity index (χ1n) is 7.82. The molecule has 2 rings (SSSR count). The molecule has 0 saturated heterocycles. The topological polar surface area (TPSA) is 75.7 Å². The number of thiophene rings is 1. The molecule has 0 spiro atoms. The van der Waals surface area contributed by atoms with Crippen molar-refractivity contribution in [3.05, 3.63) is 58.0 Å². The molecule has 0 aliphatic heterocycles. The normalized spacial score (nSPS) is 10.6. The van der Waals surface area contributed by atoms with E-state index in [1.807, 2.05) is 30.3 Å². The van der Waals surface area contributed by atoms with Crippen LogP contribution in [0.1, 0.15) is 31.2 Å². The van der Waals surface area contributed by atoms with Gasteiger partial charge >= 0.3 is 5.97 Å². The molecule has 136 valence electrons. The Labute approximate surface area is 156 Å². The monoisotopic (exact) mass is 372 g/mol. The average Bonchev–Trinajstić information content (AvgIpc) is 2.95. The van der Waals surface area contributed by atoms with Crippen molar-refractivity contribution in [1.82, 2.24) is 4.90 Å². The van der Waals surface area contributed by atoms with Gasteiger partial charge in [-0.1, -0.05) is 30.3 Å². The Morgan fingerprint density at radius 1 is 1.15 bits per heavy atom. The fourth-order valence-electron chi connectivity index (χ4n) is 2.25. The van der Waals surface area contributed by atoms with Gasteiger partial charge in [0.05, 0.1) is 17.6 Å². The molecular weight excluding hydrogens is 352 g/mol. The number of carbonyl (C=O) groups excluding carboxylic acids is 3. The molecule has 2 aromatic rings. The maximum atomic E-state index is 12.3. The number of methoxy groups -OCH3 is 1. The van der Waals surface area contributed by atoms with Crippen LogP contribution in [0.5, 0.6) is 0 Å². The molecule has 26 heavy (non-hydrogen) atoms. The first-order valence-corrected chi connectivity index (χ1v) is 8.64. The molecule has 2 amide bonds. The summed E-state index contributed by atoms with van der Waals surface area (Å²) in [5, 5.41) is 2.97. The molecule has 0 saturated carbocycles. The summed E-state index contributed by atoms with van der Waals surface area (Å²) in [5.41, 5.74) is 1.56. The third-order valence-electron chi connectivity index (χ3n) is 3.60. The largest absolute Gasteiger partial charge is 0.465 e. The highest BCUT2D eigenvalue weighted by Crippen LogP contribution is 2.34. The molecule has 1 aromatic heterocycles. The van der Waals surface area contributed by atoms with Crippen molar-refractivity contribution in [2.24, 2.45) is 0 Å². The maximum absolute atomic E-state index is 12.3. The number of anilines is 1. The number of ether oxygens (including phenoxy) is 1. The van der Waals surface area contributed by atoms with Crippen LogP contribution in [-0.2, 0) is 9.53 Å². The smallest absolute Gasteiger partial charge is 0.341 e. The van der Waals surface area contributed by atoms with E-state index in [2.05, 4.69) is 5.32 Å². The number of rotatable bonds is 5. The number of amides is 2. The van der Waals surface area contributed by atoms with E-state index >= 15 is 0 Å². The lowest BCUT2D eigenvalue weighted by atomic mass is 10.1. The first-order chi connectivity index (χ1) is 12.3. The Hall–Kier alpha value is -2.93. The van der Waals surface area contributed by atoms with E-state index in [9.17, 15) is 14.4 Å². The number of carbonyl (C=O) groups is 3. The van der Waals surface area contributed by atoms with Crippen LogP contribution < -0.4 is 5.32 Å². The van der Waals surface area contributed by atoms with Crippen LogP contribution >= 0.6 is 11.3 Å². The second-order valence-electron chi connectivity index (χ2n) is 5.68. The minimum Gasteiger partial charge on any atom is -0.465 e. The zero-order valence-corrected chi connectivity index (χ0v) is 15.8. The Morgan fingerprint density at radius 3 is 2.38 bits per heavy atom. The molecule has 0 atom stereocenters. The van der Waals surface area contributed by atoms with E-state index in [1.54, 1.807) is 27.1 Å². The van der Waals surface area contributed by atoms with Crippen LogP contribution in [0.2, 0.25) is 0 Å². The predicted octanol–water partition coefficient (Wildman–Crippen LogP) is 3.20. The molecule has 1 N–H and O–H groups in total. The van der Waals surface area contributed by atoms with Gasteiger partial charge in [-0.2, -0.15) is 0 Å². The van der Waals surface area contributed by atoms with Gasteiger partial charge in [-0.3, -0.25) is 9.59 Å². The van der Waals surface area contributed by atoms with E-state index in [0.717, 1.165) is 16.9 Å². The highest BCUT2D eigenvalue weighted by Gasteiger charge is 2.26. The van der Waals surface area contributed by atoms with Crippen molar-refractivity contribution in [1.29, 1.82) is 0 Å². The Kier molecular flexibility index (Phi) is 6.30. The van der Waals surface area contributed by atoms with Crippen LogP contribution in [-0.4, -0.2) is 43.9 Å². The lowest BCUT2D eigenvalue weighted by molar-refractivity contribution is -0.111. The summed E-state index contributed by atoms with van der Waals surface area (Å²) < 4.78 is 4.80. The highest BCUT2D eigenvalue weighted by molar-refractivity contribution is 7.18. The molecule has 1 aromatic carbocycles. The summed E-state index contributed by atoms with van der Waals surface area (Å²) in [6.45, 7) is 1.66. The van der Waals surface area contributed by atoms with E-state index in [0.29, 0.717) is 15.4 Å². The van der Waals surface area contributed by atoms with Crippen molar-refractivity contribution in [3.63, 3.8) is 0 Å². The van der Waals surface area contributed by atoms with Gasteiger partial charge in [0, 0.05) is 20.2 Å². The van der Waals surface area contributed by atoms with Crippen molar-refractivity contribution < 1.29 is 19.1 Å². The molecule has 0 fully saturated rings. The van der Waals surface area contributed by atoms with Gasteiger partial charge < -0.3 is 15.0 Å². The Balaban J connectivity index is 2.31. The molecule has 0 aliphatic carbocycles. The van der Waals surface area contributed by atoms with Crippen LogP contribution in [0.15, 0.2) is 36.4 Å². The van der Waals surface area contributed by atoms with Crippen LogP contribution in [0.3, 0.4) is 0 Å². The number of hydrogen-bond donors (Lipinski definition) is 1. The fourth-order valence-corrected chi connectivity index (χ4v) is 3.47. The van der Waals surface area contributed by atoms with Gasteiger partial charge in [0.25, 0.3) is 5.91 Å². The molecule has 0 radical (unpaired) electrons. The third kappa shape index (κ3) is 4.37. The molecule has 7 heteroatoms. The average molecular weight is 372 g/mol. The number of nitrogens with one attached hydrogen (secondary N) is 1. The van der Waals surface area contributed by atoms with E-state index in [-0.39, 0.29) is 11.5 Å². The zero-order valence-electron chi connectivity index (χ0n) is 15.0. The minimum absolute atomic E-state index is 0.198. The minimum atomic E-state index is -0.598. The summed E-state index contributed by atoms with van der Waals surface area (Å²) in [6, 6.07) is 9.36. The number of benzene rings is 1. The quantitative estimate of drug-likeness (QED) is 0.646. The summed E-state index contributed by atoms with van der Waals surface area (Å²) in [4.78, 5) is 38.4. The van der Waals surface area contributed by atoms with Crippen LogP contribution in [0.4, 0.5) is 5.00 Å². The molecule has 0 bridgehead atoms. The van der Waals surface area contributed by atoms with Crippen molar-refractivity contribution >= 4 is 40.2 Å². The second kappa shape index (κ2) is 8.44. The standard InChI is InChI=1S/C19H20N2O4S/c1-12-15(19(24)25-4)17(26-16(12)18(23)21(2)3)20-14(22)11-10-13-8-6-5-7-9-13/h5-11H,1-4H3,(H,20,22)/b11-10-. The van der Waals surface area contributed by atoms with E-state index in [4.69, 9.17) is 4.74 Å². The SMILES string of the molecule is COC(=O)c1c(NC(=O)/C=C\c2ccccc2)sc(C(=O)N(C)C)c1C. The van der Waals surface area contributed by atoms with Crippen LogP contribution in [0, 0.1) is 6.92 Å². The predicted molar refractivity (Wildman–Crippen MR) is 103 cm³/mol. The fraction of sp³-hybridized carbons (Fsp3) is 0.211. The summed E-state index contributed by atoms with van der Waals surface area (Å²) >= 11 is 1.06. The summed E-state index contributed by atoms with van der Waals surface area (Å²) in [5.74, 6) is -1.24. The van der Waals surface area contributed by atoms with Crippen molar-refractivity contribution in [2.45, 2.75) is 6.92 Å². The molecule has 0 unspecified atom stereocenters. The molecule has 0 aliphatic rings. The number of esters is 1. The van der Waals surface area contributed by atoms with Gasteiger partial charge in [0.1, 0.15) is 5.00 Å². The summed E-state index contributed by atoms with van der Waals surface area (Å²) in [6.07, 6.45) is 3.04. The third-order valence-corrected chi connectivity index (χ3v) is 4.80. The van der Waals surface area contributed by atoms with Crippen LogP contribution in [0.25, 0.3) is 6.08 Å². The van der Waals surface area contributed by atoms with Crippen molar-refractivity contribution in [3.8, 4) is 0 Å².